The fourth-order valence-corrected chi connectivity index (χ4v) is 4.00. The van der Waals surface area contributed by atoms with Gasteiger partial charge < -0.3 is 19.9 Å². The summed E-state index contributed by atoms with van der Waals surface area (Å²) in [5.41, 5.74) is 3.04. The summed E-state index contributed by atoms with van der Waals surface area (Å²) in [4.78, 5) is 28.1. The molecule has 2 heterocycles. The van der Waals surface area contributed by atoms with E-state index in [1.54, 1.807) is 0 Å². The number of hydrogen-bond donors (Lipinski definition) is 1. The van der Waals surface area contributed by atoms with Crippen molar-refractivity contribution in [2.75, 3.05) is 25.0 Å². The first kappa shape index (κ1) is 20.4. The lowest BCUT2D eigenvalue weighted by atomic mass is 10.1. The molecule has 158 valence electrons. The van der Waals surface area contributed by atoms with Crippen molar-refractivity contribution in [1.29, 1.82) is 0 Å². The minimum absolute atomic E-state index is 0.0704. The number of carbonyl (C=O) groups excluding carboxylic acids is 2. The maximum atomic E-state index is 12.6. The van der Waals surface area contributed by atoms with E-state index in [4.69, 9.17) is 4.74 Å². The number of likely N-dealkylation sites (tertiary alicyclic amines) is 2. The van der Waals surface area contributed by atoms with E-state index in [2.05, 4.69) is 17.4 Å². The third kappa shape index (κ3) is 5.39. The highest BCUT2D eigenvalue weighted by atomic mass is 16.5. The third-order valence-corrected chi connectivity index (χ3v) is 5.81. The van der Waals surface area contributed by atoms with Crippen molar-refractivity contribution in [3.05, 3.63) is 65.7 Å². The van der Waals surface area contributed by atoms with Crippen molar-refractivity contribution in [3.63, 3.8) is 0 Å². The predicted molar refractivity (Wildman–Crippen MR) is 116 cm³/mol. The Morgan fingerprint density at radius 1 is 0.967 bits per heavy atom. The van der Waals surface area contributed by atoms with E-state index in [1.165, 1.54) is 5.56 Å². The SMILES string of the molecule is O=C1CCCN1Cc1ccc(NC(=O)N2CCC(OCc3ccccc3)CC2)cc1. The van der Waals surface area contributed by atoms with Gasteiger partial charge in [0.05, 0.1) is 12.7 Å². The molecule has 2 aromatic rings. The summed E-state index contributed by atoms with van der Waals surface area (Å²) >= 11 is 0. The largest absolute Gasteiger partial charge is 0.373 e. The second-order valence-electron chi connectivity index (χ2n) is 8.03. The quantitative estimate of drug-likeness (QED) is 0.787. The van der Waals surface area contributed by atoms with Crippen LogP contribution in [0.25, 0.3) is 0 Å². The van der Waals surface area contributed by atoms with Gasteiger partial charge in [0.1, 0.15) is 0 Å². The minimum Gasteiger partial charge on any atom is -0.373 e. The standard InChI is InChI=1S/C24H29N3O3/c28-23-7-4-14-27(23)17-19-8-10-21(11-9-19)25-24(29)26-15-12-22(13-16-26)30-18-20-5-2-1-3-6-20/h1-3,5-6,8-11,22H,4,7,12-18H2,(H,25,29). The molecule has 0 spiro atoms. The summed E-state index contributed by atoms with van der Waals surface area (Å²) in [6.07, 6.45) is 3.50. The molecule has 0 saturated carbocycles. The molecule has 0 aromatic heterocycles. The molecule has 3 amide bonds. The molecule has 2 aliphatic heterocycles. The minimum atomic E-state index is -0.0704. The lowest BCUT2D eigenvalue weighted by Crippen LogP contribution is -2.43. The highest BCUT2D eigenvalue weighted by molar-refractivity contribution is 5.89. The zero-order chi connectivity index (χ0) is 20.8. The smallest absolute Gasteiger partial charge is 0.321 e. The molecule has 6 nitrogen and oxygen atoms in total. The monoisotopic (exact) mass is 407 g/mol. The molecule has 2 aliphatic rings. The van der Waals surface area contributed by atoms with Crippen LogP contribution in [0.1, 0.15) is 36.8 Å². The van der Waals surface area contributed by atoms with Gasteiger partial charge in [-0.2, -0.15) is 0 Å². The van der Waals surface area contributed by atoms with Gasteiger partial charge in [-0.05, 0) is 42.5 Å². The Balaban J connectivity index is 1.20. The Kier molecular flexibility index (Phi) is 6.64. The highest BCUT2D eigenvalue weighted by Gasteiger charge is 2.23. The molecule has 0 unspecified atom stereocenters. The van der Waals surface area contributed by atoms with Crippen LogP contribution in [-0.2, 0) is 22.7 Å². The number of anilines is 1. The molecule has 2 aromatic carbocycles. The lowest BCUT2D eigenvalue weighted by molar-refractivity contribution is -0.128. The Morgan fingerprint density at radius 3 is 2.37 bits per heavy atom. The van der Waals surface area contributed by atoms with Crippen molar-refractivity contribution >= 4 is 17.6 Å². The maximum absolute atomic E-state index is 12.6. The van der Waals surface area contributed by atoms with E-state index in [9.17, 15) is 9.59 Å². The summed E-state index contributed by atoms with van der Waals surface area (Å²) in [7, 11) is 0. The normalized spacial score (nSPS) is 17.4. The topological polar surface area (TPSA) is 61.9 Å². The van der Waals surface area contributed by atoms with Crippen LogP contribution < -0.4 is 5.32 Å². The molecule has 2 fully saturated rings. The molecule has 6 heteroatoms. The zero-order valence-electron chi connectivity index (χ0n) is 17.3. The van der Waals surface area contributed by atoms with Gasteiger partial charge in [0.25, 0.3) is 0 Å². The molecule has 0 bridgehead atoms. The summed E-state index contributed by atoms with van der Waals surface area (Å²) in [6.45, 7) is 3.49. The Morgan fingerprint density at radius 2 is 1.70 bits per heavy atom. The van der Waals surface area contributed by atoms with Gasteiger partial charge in [0.15, 0.2) is 0 Å². The molecule has 0 radical (unpaired) electrons. The number of rotatable bonds is 6. The fourth-order valence-electron chi connectivity index (χ4n) is 4.00. The van der Waals surface area contributed by atoms with Crippen molar-refractivity contribution in [1.82, 2.24) is 9.80 Å². The maximum Gasteiger partial charge on any atom is 0.321 e. The Bertz CT molecular complexity index is 846. The lowest BCUT2D eigenvalue weighted by Gasteiger charge is -2.32. The number of nitrogens with zero attached hydrogens (tertiary/aromatic N) is 2. The molecule has 2 saturated heterocycles. The van der Waals surface area contributed by atoms with Crippen LogP contribution in [0.3, 0.4) is 0 Å². The number of carbonyl (C=O) groups is 2. The van der Waals surface area contributed by atoms with E-state index in [1.807, 2.05) is 52.3 Å². The van der Waals surface area contributed by atoms with Crippen LogP contribution in [-0.4, -0.2) is 47.5 Å². The summed E-state index contributed by atoms with van der Waals surface area (Å²) in [5.74, 6) is 0.225. The van der Waals surface area contributed by atoms with Crippen LogP contribution in [0, 0.1) is 0 Å². The van der Waals surface area contributed by atoms with Crippen molar-refractivity contribution < 1.29 is 14.3 Å². The number of urea groups is 1. The van der Waals surface area contributed by atoms with Gasteiger partial charge >= 0.3 is 6.03 Å². The second-order valence-corrected chi connectivity index (χ2v) is 8.03. The second kappa shape index (κ2) is 9.76. The number of ether oxygens (including phenoxy) is 1. The van der Waals surface area contributed by atoms with E-state index >= 15 is 0 Å². The van der Waals surface area contributed by atoms with Crippen molar-refractivity contribution in [2.24, 2.45) is 0 Å². The van der Waals surface area contributed by atoms with Crippen LogP contribution in [0.4, 0.5) is 10.5 Å². The van der Waals surface area contributed by atoms with E-state index in [0.29, 0.717) is 32.7 Å². The predicted octanol–water partition coefficient (Wildman–Crippen LogP) is 4.02. The van der Waals surface area contributed by atoms with Gasteiger partial charge in [0, 0.05) is 38.3 Å². The molecule has 30 heavy (non-hydrogen) atoms. The summed E-state index contributed by atoms with van der Waals surface area (Å²) < 4.78 is 6.00. The average Bonchev–Trinajstić information content (AvgIpc) is 3.19. The number of benzene rings is 2. The summed E-state index contributed by atoms with van der Waals surface area (Å²) in [6, 6.07) is 17.9. The van der Waals surface area contributed by atoms with Gasteiger partial charge in [-0.15, -0.1) is 0 Å². The first-order chi connectivity index (χ1) is 14.7. The van der Waals surface area contributed by atoms with Gasteiger partial charge in [-0.3, -0.25) is 4.79 Å². The molecule has 0 atom stereocenters. The van der Waals surface area contributed by atoms with E-state index in [-0.39, 0.29) is 18.0 Å². The van der Waals surface area contributed by atoms with Crippen LogP contribution in [0.15, 0.2) is 54.6 Å². The molecule has 0 aliphatic carbocycles. The number of piperidine rings is 1. The van der Waals surface area contributed by atoms with Crippen LogP contribution >= 0.6 is 0 Å². The molecular weight excluding hydrogens is 378 g/mol. The number of hydrogen-bond acceptors (Lipinski definition) is 3. The highest BCUT2D eigenvalue weighted by Crippen LogP contribution is 2.19. The van der Waals surface area contributed by atoms with Crippen molar-refractivity contribution in [3.8, 4) is 0 Å². The Labute approximate surface area is 177 Å². The molecule has 4 rings (SSSR count). The van der Waals surface area contributed by atoms with Crippen LogP contribution in [0.2, 0.25) is 0 Å². The number of nitrogens with one attached hydrogen (secondary N) is 1. The van der Waals surface area contributed by atoms with Crippen LogP contribution in [0.5, 0.6) is 0 Å². The zero-order valence-corrected chi connectivity index (χ0v) is 17.3. The first-order valence-electron chi connectivity index (χ1n) is 10.8. The molecule has 1 N–H and O–H groups in total. The Hall–Kier alpha value is -2.86. The average molecular weight is 408 g/mol. The van der Waals surface area contributed by atoms with E-state index < -0.39 is 0 Å². The fraction of sp³-hybridized carbons (Fsp3) is 0.417. The first-order valence-corrected chi connectivity index (χ1v) is 10.8. The van der Waals surface area contributed by atoms with Gasteiger partial charge in [0.2, 0.25) is 5.91 Å². The van der Waals surface area contributed by atoms with Crippen molar-refractivity contribution in [2.45, 2.75) is 44.9 Å². The van der Waals surface area contributed by atoms with Gasteiger partial charge in [-0.25, -0.2) is 4.79 Å². The number of amides is 3. The van der Waals surface area contributed by atoms with Gasteiger partial charge in [-0.1, -0.05) is 42.5 Å². The molecular formula is C24H29N3O3. The third-order valence-electron chi connectivity index (χ3n) is 5.81. The van der Waals surface area contributed by atoms with E-state index in [0.717, 1.165) is 37.1 Å². The summed E-state index contributed by atoms with van der Waals surface area (Å²) in [5, 5.41) is 2.98.